The van der Waals surface area contributed by atoms with Crippen LogP contribution in [0.2, 0.25) is 0 Å². The van der Waals surface area contributed by atoms with E-state index in [4.69, 9.17) is 0 Å². The first-order valence-electron chi connectivity index (χ1n) is 9.81. The lowest BCUT2D eigenvalue weighted by Gasteiger charge is -2.17. The molecule has 1 aliphatic carbocycles. The molecule has 0 radical (unpaired) electrons. The van der Waals surface area contributed by atoms with Gasteiger partial charge in [0.05, 0.1) is 6.33 Å². The minimum atomic E-state index is -0.368. The number of carbonyl (C=O) groups is 1. The zero-order valence-corrected chi connectivity index (χ0v) is 18.7. The van der Waals surface area contributed by atoms with Crippen LogP contribution in [0.5, 0.6) is 0 Å². The van der Waals surface area contributed by atoms with E-state index in [1.165, 1.54) is 38.6 Å². The van der Waals surface area contributed by atoms with Crippen molar-refractivity contribution in [1.82, 2.24) is 28.9 Å². The maximum absolute atomic E-state index is 12.7. The van der Waals surface area contributed by atoms with E-state index in [0.717, 1.165) is 17.2 Å². The summed E-state index contributed by atoms with van der Waals surface area (Å²) < 4.78 is 5.07. The van der Waals surface area contributed by atoms with Gasteiger partial charge in [-0.15, -0.1) is 10.2 Å². The maximum Gasteiger partial charge on any atom is 0.332 e. The summed E-state index contributed by atoms with van der Waals surface area (Å²) in [6.45, 7) is 2.16. The largest absolute Gasteiger partial charge is 0.332 e. The van der Waals surface area contributed by atoms with E-state index in [9.17, 15) is 14.4 Å². The van der Waals surface area contributed by atoms with Crippen molar-refractivity contribution in [2.75, 3.05) is 10.7 Å². The monoisotopic (exact) mass is 449 g/mol. The molecule has 160 valence electrons. The molecule has 4 rings (SSSR count). The lowest BCUT2D eigenvalue weighted by atomic mass is 10.4. The van der Waals surface area contributed by atoms with Gasteiger partial charge in [-0.3, -0.25) is 23.6 Å². The van der Waals surface area contributed by atoms with E-state index in [0.29, 0.717) is 41.4 Å². The number of anilines is 1. The van der Waals surface area contributed by atoms with Crippen LogP contribution in [0.15, 0.2) is 20.3 Å². The minimum absolute atomic E-state index is 0.0750. The van der Waals surface area contributed by atoms with E-state index in [-0.39, 0.29) is 23.2 Å². The highest BCUT2D eigenvalue weighted by molar-refractivity contribution is 8.01. The fourth-order valence-electron chi connectivity index (χ4n) is 3.30. The number of amides is 1. The van der Waals surface area contributed by atoms with Gasteiger partial charge < -0.3 is 4.57 Å². The summed E-state index contributed by atoms with van der Waals surface area (Å²) in [7, 11) is 3.36. The lowest BCUT2D eigenvalue weighted by molar-refractivity contribution is -0.118. The predicted molar refractivity (Wildman–Crippen MR) is 116 cm³/mol. The number of hydrogen-bond acceptors (Lipinski definition) is 8. The molecule has 1 fully saturated rings. The number of imidazole rings is 1. The minimum Gasteiger partial charge on any atom is -0.328 e. The lowest BCUT2D eigenvalue weighted by Crippen LogP contribution is -2.39. The third-order valence-electron chi connectivity index (χ3n) is 5.04. The molecular formula is C18H23N7O3S2. The molecule has 0 aromatic carbocycles. The van der Waals surface area contributed by atoms with Crippen LogP contribution in [0.25, 0.3) is 11.2 Å². The highest BCUT2D eigenvalue weighted by Gasteiger charge is 2.35. The summed E-state index contributed by atoms with van der Waals surface area (Å²) in [6.07, 6.45) is 4.63. The zero-order chi connectivity index (χ0) is 21.4. The highest BCUT2D eigenvalue weighted by atomic mass is 32.2. The smallest absolute Gasteiger partial charge is 0.328 e. The molecule has 3 heterocycles. The average molecular weight is 450 g/mol. The quantitative estimate of drug-likeness (QED) is 0.290. The van der Waals surface area contributed by atoms with Gasteiger partial charge in [0.15, 0.2) is 15.5 Å². The van der Waals surface area contributed by atoms with Gasteiger partial charge in [0.25, 0.3) is 5.56 Å². The Morgan fingerprint density at radius 3 is 2.77 bits per heavy atom. The van der Waals surface area contributed by atoms with E-state index in [1.54, 1.807) is 23.6 Å². The average Bonchev–Trinajstić information content (AvgIpc) is 3.32. The molecule has 3 aromatic rings. The molecule has 0 aliphatic heterocycles. The summed E-state index contributed by atoms with van der Waals surface area (Å²) in [5, 5.41) is 9.04. The van der Waals surface area contributed by atoms with Gasteiger partial charge in [0, 0.05) is 38.9 Å². The molecule has 0 unspecified atom stereocenters. The highest BCUT2D eigenvalue weighted by Crippen LogP contribution is 2.36. The number of nitrogens with zero attached hydrogens (tertiary/aromatic N) is 7. The van der Waals surface area contributed by atoms with Crippen LogP contribution in [0.1, 0.15) is 32.6 Å². The molecule has 1 aliphatic rings. The molecule has 0 atom stereocenters. The third-order valence-corrected chi connectivity index (χ3v) is 7.18. The molecule has 3 aromatic heterocycles. The van der Waals surface area contributed by atoms with Crippen LogP contribution in [0.4, 0.5) is 5.13 Å². The van der Waals surface area contributed by atoms with Crippen molar-refractivity contribution in [1.29, 1.82) is 0 Å². The van der Waals surface area contributed by atoms with Crippen LogP contribution in [-0.4, -0.2) is 46.6 Å². The number of aromatic nitrogens is 6. The molecule has 1 amide bonds. The number of thioether (sulfide) groups is 1. The standard InChI is InChI=1S/C18H23N7O3S2/c1-4-12(26)25(11-6-7-11)16-20-21-17(30-16)29-9-5-8-24-15(27)13-14(19-10-22(13)2)23(3)18(24)28/h10-11H,4-9H2,1-3H3. The fraction of sp³-hybridized carbons (Fsp3) is 0.556. The van der Waals surface area contributed by atoms with Crippen molar-refractivity contribution in [3.63, 3.8) is 0 Å². The SMILES string of the molecule is CCC(=O)N(c1nnc(SCCCn2c(=O)c3c(ncn3C)n(C)c2=O)s1)C1CC1. The molecule has 30 heavy (non-hydrogen) atoms. The third kappa shape index (κ3) is 3.81. The van der Waals surface area contributed by atoms with Crippen molar-refractivity contribution in [2.24, 2.45) is 14.1 Å². The van der Waals surface area contributed by atoms with Crippen molar-refractivity contribution >= 4 is 45.3 Å². The summed E-state index contributed by atoms with van der Waals surface area (Å²) >= 11 is 2.93. The zero-order valence-electron chi connectivity index (χ0n) is 17.1. The molecule has 0 spiro atoms. The number of fused-ring (bicyclic) bond motifs is 1. The van der Waals surface area contributed by atoms with Crippen LogP contribution in [-0.2, 0) is 25.4 Å². The maximum atomic E-state index is 12.7. The Morgan fingerprint density at radius 2 is 2.07 bits per heavy atom. The number of aryl methyl sites for hydroxylation is 2. The van der Waals surface area contributed by atoms with E-state index in [2.05, 4.69) is 15.2 Å². The Labute approximate surface area is 180 Å². The van der Waals surface area contributed by atoms with Crippen molar-refractivity contribution in [3.05, 3.63) is 27.2 Å². The summed E-state index contributed by atoms with van der Waals surface area (Å²) in [5.74, 6) is 0.754. The first-order chi connectivity index (χ1) is 14.4. The van der Waals surface area contributed by atoms with E-state index < -0.39 is 0 Å². The van der Waals surface area contributed by atoms with E-state index in [1.807, 2.05) is 6.92 Å². The normalized spacial score (nSPS) is 13.8. The summed E-state index contributed by atoms with van der Waals surface area (Å²) in [4.78, 5) is 43.3. The Balaban J connectivity index is 1.41. The second kappa shape index (κ2) is 8.34. The first-order valence-corrected chi connectivity index (χ1v) is 11.6. The van der Waals surface area contributed by atoms with Gasteiger partial charge in [0.1, 0.15) is 0 Å². The van der Waals surface area contributed by atoms with Crippen molar-refractivity contribution in [2.45, 2.75) is 49.5 Å². The summed E-state index contributed by atoms with van der Waals surface area (Å²) in [5.41, 5.74) is 0.114. The van der Waals surface area contributed by atoms with E-state index >= 15 is 0 Å². The molecule has 0 N–H and O–H groups in total. The second-order valence-corrected chi connectivity index (χ2v) is 9.53. The molecular weight excluding hydrogens is 426 g/mol. The summed E-state index contributed by atoms with van der Waals surface area (Å²) in [6, 6.07) is 0.258. The molecule has 1 saturated carbocycles. The van der Waals surface area contributed by atoms with Crippen molar-refractivity contribution < 1.29 is 4.79 Å². The first kappa shape index (κ1) is 20.8. The number of hydrogen-bond donors (Lipinski definition) is 0. The van der Waals surface area contributed by atoms with Crippen LogP contribution < -0.4 is 16.1 Å². The van der Waals surface area contributed by atoms with Gasteiger partial charge >= 0.3 is 5.69 Å². The molecule has 0 bridgehead atoms. The van der Waals surface area contributed by atoms with Gasteiger partial charge in [-0.25, -0.2) is 9.78 Å². The Morgan fingerprint density at radius 1 is 1.30 bits per heavy atom. The van der Waals surface area contributed by atoms with Gasteiger partial charge in [0.2, 0.25) is 11.0 Å². The molecule has 0 saturated heterocycles. The Hall–Kier alpha value is -2.47. The number of carbonyl (C=O) groups excluding carboxylic acids is 1. The van der Waals surface area contributed by atoms with Gasteiger partial charge in [-0.2, -0.15) is 0 Å². The van der Waals surface area contributed by atoms with Gasteiger partial charge in [-0.1, -0.05) is 30.0 Å². The topological polar surface area (TPSA) is 108 Å². The molecule has 12 heteroatoms. The Kier molecular flexibility index (Phi) is 5.78. The fourth-order valence-corrected chi connectivity index (χ4v) is 5.23. The Bertz CT molecular complexity index is 1200. The predicted octanol–water partition coefficient (Wildman–Crippen LogP) is 1.37. The van der Waals surface area contributed by atoms with Crippen LogP contribution in [0.3, 0.4) is 0 Å². The number of rotatable bonds is 8. The van der Waals surface area contributed by atoms with Crippen LogP contribution >= 0.6 is 23.1 Å². The second-order valence-electron chi connectivity index (χ2n) is 7.23. The van der Waals surface area contributed by atoms with Crippen molar-refractivity contribution in [3.8, 4) is 0 Å². The molecule has 10 nitrogen and oxygen atoms in total. The van der Waals surface area contributed by atoms with Crippen LogP contribution in [0, 0.1) is 0 Å². The van der Waals surface area contributed by atoms with Gasteiger partial charge in [-0.05, 0) is 19.3 Å².